The van der Waals surface area contributed by atoms with Gasteiger partial charge < -0.3 is 4.74 Å². The number of esters is 1. The quantitative estimate of drug-likeness (QED) is 0.678. The fourth-order valence-corrected chi connectivity index (χ4v) is 3.25. The van der Waals surface area contributed by atoms with E-state index in [1.54, 1.807) is 44.3 Å². The Labute approximate surface area is 168 Å². The lowest BCUT2D eigenvalue weighted by Crippen LogP contribution is -2.16. The zero-order valence-electron chi connectivity index (χ0n) is 16.5. The zero-order chi connectivity index (χ0) is 20.5. The molecule has 1 N–H and O–H groups in total. The van der Waals surface area contributed by atoms with Crippen molar-refractivity contribution in [3.63, 3.8) is 0 Å². The molecule has 0 saturated heterocycles. The molecular formula is C23H21N3O3. The van der Waals surface area contributed by atoms with Gasteiger partial charge in [0.25, 0.3) is 5.56 Å². The third-order valence-corrected chi connectivity index (χ3v) is 4.68. The van der Waals surface area contributed by atoms with Crippen LogP contribution in [-0.2, 0) is 4.74 Å². The van der Waals surface area contributed by atoms with Crippen LogP contribution in [0.3, 0.4) is 0 Å². The summed E-state index contributed by atoms with van der Waals surface area (Å²) in [5, 5.41) is 3.11. The Morgan fingerprint density at radius 3 is 2.59 bits per heavy atom. The molecule has 0 unspecified atom stereocenters. The molecule has 0 amide bonds. The van der Waals surface area contributed by atoms with E-state index in [0.717, 1.165) is 22.5 Å². The molecule has 146 valence electrons. The number of hydrogen-bond donors (Lipinski definition) is 1. The molecule has 4 rings (SSSR count). The normalized spacial score (nSPS) is 13.9. The first kappa shape index (κ1) is 18.7. The summed E-state index contributed by atoms with van der Waals surface area (Å²) in [5.74, 6) is -0.383. The zero-order valence-corrected chi connectivity index (χ0v) is 16.5. The largest absolute Gasteiger partial charge is 0.459 e. The Hall–Kier alpha value is -3.67. The highest BCUT2D eigenvalue weighted by molar-refractivity contribution is 6.21. The maximum atomic E-state index is 13.0. The number of carbonyl (C=O) groups excluding carboxylic acids is 1. The second-order valence-electron chi connectivity index (χ2n) is 7.17. The molecule has 1 aliphatic rings. The van der Waals surface area contributed by atoms with Gasteiger partial charge in [0, 0.05) is 23.0 Å². The van der Waals surface area contributed by atoms with E-state index in [9.17, 15) is 9.59 Å². The van der Waals surface area contributed by atoms with Crippen molar-refractivity contribution < 1.29 is 9.53 Å². The highest BCUT2D eigenvalue weighted by Crippen LogP contribution is 2.32. The molecule has 29 heavy (non-hydrogen) atoms. The maximum Gasteiger partial charge on any atom is 0.338 e. The van der Waals surface area contributed by atoms with E-state index < -0.39 is 0 Å². The molecule has 1 aliphatic heterocycles. The van der Waals surface area contributed by atoms with Crippen molar-refractivity contribution in [2.24, 2.45) is 4.99 Å². The minimum absolute atomic E-state index is 0.162. The second-order valence-corrected chi connectivity index (χ2v) is 7.17. The molecule has 0 fully saturated rings. The van der Waals surface area contributed by atoms with E-state index in [-0.39, 0.29) is 17.6 Å². The van der Waals surface area contributed by atoms with Gasteiger partial charge in [-0.1, -0.05) is 18.2 Å². The summed E-state index contributed by atoms with van der Waals surface area (Å²) in [7, 11) is 0. The number of benzene rings is 2. The molecule has 2 aromatic carbocycles. The summed E-state index contributed by atoms with van der Waals surface area (Å²) in [6.07, 6.45) is 3.44. The van der Waals surface area contributed by atoms with Crippen LogP contribution in [0.2, 0.25) is 0 Å². The average Bonchev–Trinajstić information content (AvgIpc) is 3.24. The van der Waals surface area contributed by atoms with E-state index in [2.05, 4.69) is 10.1 Å². The predicted molar refractivity (Wildman–Crippen MR) is 114 cm³/mol. The molecular weight excluding hydrogens is 366 g/mol. The molecule has 3 aromatic rings. The Kier molecular flexibility index (Phi) is 4.76. The summed E-state index contributed by atoms with van der Waals surface area (Å²) in [5.41, 5.74) is 5.06. The molecule has 0 radical (unpaired) electrons. The SMILES string of the molecule is Cc1[nH]n(-c2ccc(C(=O)OC(C)C)cc2)c(=O)c1/C=C1\C=Nc2ccccc21. The number of allylic oxidation sites excluding steroid dienone is 1. The molecule has 6 heteroatoms. The smallest absolute Gasteiger partial charge is 0.338 e. The Morgan fingerprint density at radius 2 is 1.86 bits per heavy atom. The van der Waals surface area contributed by atoms with Crippen LogP contribution < -0.4 is 5.56 Å². The number of nitrogens with one attached hydrogen (secondary N) is 1. The van der Waals surface area contributed by atoms with Gasteiger partial charge in [-0.15, -0.1) is 0 Å². The minimum Gasteiger partial charge on any atom is -0.459 e. The number of aromatic amines is 1. The monoisotopic (exact) mass is 387 g/mol. The summed E-state index contributed by atoms with van der Waals surface area (Å²) < 4.78 is 6.67. The van der Waals surface area contributed by atoms with E-state index >= 15 is 0 Å². The van der Waals surface area contributed by atoms with Gasteiger partial charge in [0.15, 0.2) is 0 Å². The summed E-state index contributed by atoms with van der Waals surface area (Å²) in [6, 6.07) is 14.6. The van der Waals surface area contributed by atoms with Crippen LogP contribution in [0.4, 0.5) is 5.69 Å². The summed E-state index contributed by atoms with van der Waals surface area (Å²) in [6.45, 7) is 5.46. The van der Waals surface area contributed by atoms with Gasteiger partial charge in [0.1, 0.15) is 0 Å². The van der Waals surface area contributed by atoms with Gasteiger partial charge in [-0.2, -0.15) is 0 Å². The lowest BCUT2D eigenvalue weighted by molar-refractivity contribution is 0.0378. The number of aliphatic imine (C=N–C) groups is 1. The highest BCUT2D eigenvalue weighted by Gasteiger charge is 2.16. The van der Waals surface area contributed by atoms with E-state index in [4.69, 9.17) is 4.74 Å². The van der Waals surface area contributed by atoms with Gasteiger partial charge in [0.2, 0.25) is 0 Å². The van der Waals surface area contributed by atoms with Crippen LogP contribution in [-0.4, -0.2) is 28.1 Å². The van der Waals surface area contributed by atoms with E-state index in [1.807, 2.05) is 37.3 Å². The third kappa shape index (κ3) is 3.57. The Morgan fingerprint density at radius 1 is 1.14 bits per heavy atom. The number of H-pyrrole nitrogens is 1. The van der Waals surface area contributed by atoms with Crippen molar-refractivity contribution in [1.29, 1.82) is 0 Å². The number of hydrogen-bond acceptors (Lipinski definition) is 4. The number of para-hydroxylation sites is 1. The van der Waals surface area contributed by atoms with Crippen molar-refractivity contribution in [3.8, 4) is 5.69 Å². The van der Waals surface area contributed by atoms with Crippen LogP contribution in [0.5, 0.6) is 0 Å². The average molecular weight is 387 g/mol. The molecule has 1 aromatic heterocycles. The summed E-state index contributed by atoms with van der Waals surface area (Å²) >= 11 is 0. The van der Waals surface area contributed by atoms with Gasteiger partial charge >= 0.3 is 5.97 Å². The van der Waals surface area contributed by atoms with Crippen molar-refractivity contribution in [1.82, 2.24) is 9.78 Å². The molecule has 2 heterocycles. The van der Waals surface area contributed by atoms with Crippen molar-refractivity contribution in [3.05, 3.63) is 81.3 Å². The van der Waals surface area contributed by atoms with Crippen molar-refractivity contribution in [2.75, 3.05) is 0 Å². The van der Waals surface area contributed by atoms with Crippen LogP contribution >= 0.6 is 0 Å². The van der Waals surface area contributed by atoms with Crippen molar-refractivity contribution in [2.45, 2.75) is 26.9 Å². The molecule has 0 atom stereocenters. The van der Waals surface area contributed by atoms with Gasteiger partial charge in [0.05, 0.1) is 28.6 Å². The first-order valence-electron chi connectivity index (χ1n) is 9.42. The van der Waals surface area contributed by atoms with Gasteiger partial charge in [-0.3, -0.25) is 14.9 Å². The van der Waals surface area contributed by atoms with E-state index in [1.165, 1.54) is 4.68 Å². The second kappa shape index (κ2) is 7.39. The number of aromatic nitrogens is 2. The number of nitrogens with zero attached hydrogens (tertiary/aromatic N) is 2. The molecule has 0 aliphatic carbocycles. The molecule has 6 nitrogen and oxygen atoms in total. The maximum absolute atomic E-state index is 13.0. The fraction of sp³-hybridized carbons (Fsp3) is 0.174. The first-order chi connectivity index (χ1) is 13.9. The van der Waals surface area contributed by atoms with Gasteiger partial charge in [-0.05, 0) is 57.2 Å². The molecule has 0 saturated carbocycles. The first-order valence-corrected chi connectivity index (χ1v) is 9.42. The topological polar surface area (TPSA) is 76.5 Å². The molecule has 0 bridgehead atoms. The minimum atomic E-state index is -0.383. The van der Waals surface area contributed by atoms with Crippen molar-refractivity contribution >= 4 is 29.5 Å². The van der Waals surface area contributed by atoms with Crippen LogP contribution in [0.1, 0.15) is 41.0 Å². The predicted octanol–water partition coefficient (Wildman–Crippen LogP) is 4.30. The Balaban J connectivity index is 1.67. The third-order valence-electron chi connectivity index (χ3n) is 4.68. The summed E-state index contributed by atoms with van der Waals surface area (Å²) in [4.78, 5) is 29.4. The number of aryl methyl sites for hydroxylation is 1. The lowest BCUT2D eigenvalue weighted by atomic mass is 10.0. The number of fused-ring (bicyclic) bond motifs is 1. The Bertz CT molecular complexity index is 1190. The van der Waals surface area contributed by atoms with Crippen LogP contribution in [0.25, 0.3) is 17.3 Å². The fourth-order valence-electron chi connectivity index (χ4n) is 3.25. The van der Waals surface area contributed by atoms with E-state index in [0.29, 0.717) is 16.8 Å². The molecule has 0 spiro atoms. The standard InChI is InChI=1S/C23H21N3O3/c1-14(2)29-23(28)16-8-10-18(11-9-16)26-22(27)20(15(3)25-26)12-17-13-24-21-7-5-4-6-19(17)21/h4-14,25H,1-3H3/b17-12+. The number of carbonyl (C=O) groups is 1. The van der Waals surface area contributed by atoms with Crippen LogP contribution in [0, 0.1) is 6.92 Å². The number of ether oxygens (including phenoxy) is 1. The van der Waals surface area contributed by atoms with Crippen LogP contribution in [0.15, 0.2) is 58.3 Å². The highest BCUT2D eigenvalue weighted by atomic mass is 16.5. The number of rotatable bonds is 4. The van der Waals surface area contributed by atoms with Gasteiger partial charge in [-0.25, -0.2) is 9.48 Å². The lowest BCUT2D eigenvalue weighted by Gasteiger charge is -2.08.